The first-order valence-corrected chi connectivity index (χ1v) is 17.4. The van der Waals surface area contributed by atoms with Gasteiger partial charge in [-0.25, -0.2) is 0 Å². The van der Waals surface area contributed by atoms with Crippen molar-refractivity contribution in [2.45, 2.75) is 19.3 Å². The molecule has 0 bridgehead atoms. The quantitative estimate of drug-likeness (QED) is 0.182. The van der Waals surface area contributed by atoms with Crippen LogP contribution in [0.5, 0.6) is 0 Å². The van der Waals surface area contributed by atoms with E-state index in [-0.39, 0.29) is 5.41 Å². The second kappa shape index (κ2) is 10.8. The van der Waals surface area contributed by atoms with E-state index >= 15 is 0 Å². The molecule has 2 aromatic heterocycles. The minimum atomic E-state index is -0.124. The van der Waals surface area contributed by atoms with E-state index < -0.39 is 0 Å². The predicted octanol–water partition coefficient (Wildman–Crippen LogP) is 12.5. The van der Waals surface area contributed by atoms with Gasteiger partial charge in [-0.15, -0.1) is 0 Å². The molecule has 0 saturated carbocycles. The SMILES string of the molecule is CC1(C)c2cc3c(cc2-n2c1cc1ccccc12)c1cc(-c2ccc(N(c4ccccc4)c4ccccc4)cc2)ccc1n3-c1ccccc1. The topological polar surface area (TPSA) is 13.1 Å². The molecular weight excluding hydrogens is 607 g/mol. The van der Waals surface area contributed by atoms with Crippen LogP contribution in [0.25, 0.3) is 55.2 Å². The summed E-state index contributed by atoms with van der Waals surface area (Å²) in [5.41, 5.74) is 14.5. The maximum atomic E-state index is 2.49. The Bertz CT molecular complexity index is 2660. The zero-order chi connectivity index (χ0) is 33.4. The molecule has 238 valence electrons. The second-order valence-electron chi connectivity index (χ2n) is 13.9. The number of rotatable bonds is 5. The van der Waals surface area contributed by atoms with E-state index in [2.05, 4.69) is 204 Å². The second-order valence-corrected chi connectivity index (χ2v) is 13.9. The van der Waals surface area contributed by atoms with Gasteiger partial charge in [0.2, 0.25) is 0 Å². The molecule has 0 spiro atoms. The zero-order valence-corrected chi connectivity index (χ0v) is 28.1. The number of aromatic nitrogens is 2. The van der Waals surface area contributed by atoms with E-state index in [1.807, 2.05) is 0 Å². The molecule has 0 fully saturated rings. The maximum absolute atomic E-state index is 2.49. The summed E-state index contributed by atoms with van der Waals surface area (Å²) in [5.74, 6) is 0. The Labute approximate surface area is 291 Å². The lowest BCUT2D eigenvalue weighted by Gasteiger charge is -2.25. The molecule has 50 heavy (non-hydrogen) atoms. The highest BCUT2D eigenvalue weighted by Crippen LogP contribution is 2.49. The van der Waals surface area contributed by atoms with Crippen LogP contribution in [0.15, 0.2) is 176 Å². The number of para-hydroxylation sites is 4. The lowest BCUT2D eigenvalue weighted by molar-refractivity contribution is 0.645. The molecule has 0 saturated heterocycles. The minimum absolute atomic E-state index is 0.124. The Morgan fingerprint density at radius 3 is 1.72 bits per heavy atom. The van der Waals surface area contributed by atoms with E-state index in [0.717, 1.165) is 17.1 Å². The van der Waals surface area contributed by atoms with Crippen LogP contribution in [0, 0.1) is 0 Å². The van der Waals surface area contributed by atoms with Gasteiger partial charge in [0.15, 0.2) is 0 Å². The summed E-state index contributed by atoms with van der Waals surface area (Å²) in [7, 11) is 0. The van der Waals surface area contributed by atoms with Crippen molar-refractivity contribution in [1.82, 2.24) is 9.13 Å². The molecule has 7 aromatic carbocycles. The standard InChI is InChI=1S/C47H35N3/c1-47(2)41-31-44-40(30-45(41)50-42-21-13-12-14-34(42)29-46(47)50)39-28-33(24-27-43(39)49(44)37-19-10-5-11-20-37)32-22-25-38(26-23-32)48(35-15-6-3-7-16-35)36-17-8-4-9-18-36/h3-31H,1-2H3. The third kappa shape index (κ3) is 4.23. The van der Waals surface area contributed by atoms with E-state index in [1.54, 1.807) is 0 Å². The Balaban J connectivity index is 1.15. The smallest absolute Gasteiger partial charge is 0.0545 e. The maximum Gasteiger partial charge on any atom is 0.0545 e. The fraction of sp³-hybridized carbons (Fsp3) is 0.0638. The molecular formula is C47H35N3. The zero-order valence-electron chi connectivity index (χ0n) is 28.1. The number of hydrogen-bond acceptors (Lipinski definition) is 1. The van der Waals surface area contributed by atoms with Crippen molar-refractivity contribution < 1.29 is 0 Å². The van der Waals surface area contributed by atoms with Crippen LogP contribution in [0.4, 0.5) is 17.1 Å². The summed E-state index contributed by atoms with van der Waals surface area (Å²) < 4.78 is 4.93. The van der Waals surface area contributed by atoms with E-state index in [9.17, 15) is 0 Å². The molecule has 0 unspecified atom stereocenters. The Kier molecular flexibility index (Phi) is 6.22. The van der Waals surface area contributed by atoms with Crippen molar-refractivity contribution in [1.29, 1.82) is 0 Å². The first-order chi connectivity index (χ1) is 24.6. The van der Waals surface area contributed by atoms with Gasteiger partial charge in [-0.05, 0) is 102 Å². The number of anilines is 3. The summed E-state index contributed by atoms with van der Waals surface area (Å²) >= 11 is 0. The molecule has 10 rings (SSSR count). The lowest BCUT2D eigenvalue weighted by atomic mass is 9.83. The minimum Gasteiger partial charge on any atom is -0.312 e. The molecule has 1 aliphatic heterocycles. The number of benzene rings is 7. The predicted molar refractivity (Wildman–Crippen MR) is 210 cm³/mol. The molecule has 9 aromatic rings. The van der Waals surface area contributed by atoms with Gasteiger partial charge in [-0.1, -0.05) is 105 Å². The normalized spacial score (nSPS) is 13.2. The summed E-state index contributed by atoms with van der Waals surface area (Å²) in [6, 6.07) is 63.9. The third-order valence-electron chi connectivity index (χ3n) is 10.6. The Hall–Kier alpha value is -6.32. The largest absolute Gasteiger partial charge is 0.312 e. The van der Waals surface area contributed by atoms with Gasteiger partial charge >= 0.3 is 0 Å². The molecule has 0 aliphatic carbocycles. The first-order valence-electron chi connectivity index (χ1n) is 17.4. The van der Waals surface area contributed by atoms with Crippen LogP contribution in [0.2, 0.25) is 0 Å². The van der Waals surface area contributed by atoms with Crippen LogP contribution in [0.3, 0.4) is 0 Å². The van der Waals surface area contributed by atoms with Crippen LogP contribution in [-0.4, -0.2) is 9.13 Å². The van der Waals surface area contributed by atoms with E-state index in [1.165, 1.54) is 66.5 Å². The van der Waals surface area contributed by atoms with Crippen LogP contribution >= 0.6 is 0 Å². The van der Waals surface area contributed by atoms with Gasteiger partial charge in [-0.2, -0.15) is 0 Å². The molecule has 0 radical (unpaired) electrons. The Morgan fingerprint density at radius 1 is 0.440 bits per heavy atom. The third-order valence-corrected chi connectivity index (χ3v) is 10.6. The molecule has 3 heteroatoms. The van der Waals surface area contributed by atoms with Gasteiger partial charge < -0.3 is 14.0 Å². The van der Waals surface area contributed by atoms with Gasteiger partial charge in [0, 0.05) is 50.0 Å². The molecule has 3 nitrogen and oxygen atoms in total. The number of fused-ring (bicyclic) bond motifs is 8. The van der Waals surface area contributed by atoms with Crippen molar-refractivity contribution >= 4 is 49.8 Å². The van der Waals surface area contributed by atoms with Gasteiger partial charge in [0.05, 0.1) is 22.2 Å². The van der Waals surface area contributed by atoms with Gasteiger partial charge in [0.1, 0.15) is 0 Å². The van der Waals surface area contributed by atoms with E-state index in [4.69, 9.17) is 0 Å². The van der Waals surface area contributed by atoms with Gasteiger partial charge in [0.25, 0.3) is 0 Å². The molecule has 0 atom stereocenters. The monoisotopic (exact) mass is 641 g/mol. The van der Waals surface area contributed by atoms with Crippen molar-refractivity contribution in [3.8, 4) is 22.5 Å². The van der Waals surface area contributed by atoms with Crippen LogP contribution in [0.1, 0.15) is 25.1 Å². The first kappa shape index (κ1) is 28.7. The number of hydrogen-bond donors (Lipinski definition) is 0. The van der Waals surface area contributed by atoms with E-state index in [0.29, 0.717) is 0 Å². The van der Waals surface area contributed by atoms with Crippen molar-refractivity contribution in [2.24, 2.45) is 0 Å². The average Bonchev–Trinajstić information content (AvgIpc) is 3.78. The molecule has 0 amide bonds. The molecule has 0 N–H and O–H groups in total. The van der Waals surface area contributed by atoms with Crippen LogP contribution in [-0.2, 0) is 5.41 Å². The molecule has 3 heterocycles. The fourth-order valence-electron chi connectivity index (χ4n) is 8.19. The van der Waals surface area contributed by atoms with Crippen molar-refractivity contribution in [3.63, 3.8) is 0 Å². The highest BCUT2D eigenvalue weighted by molar-refractivity contribution is 6.12. The van der Waals surface area contributed by atoms with Gasteiger partial charge in [-0.3, -0.25) is 0 Å². The number of nitrogens with zero attached hydrogens (tertiary/aromatic N) is 3. The summed E-state index contributed by atoms with van der Waals surface area (Å²) in [6.07, 6.45) is 0. The van der Waals surface area contributed by atoms with Crippen molar-refractivity contribution in [2.75, 3.05) is 4.90 Å². The highest BCUT2D eigenvalue weighted by Gasteiger charge is 2.38. The Morgan fingerprint density at radius 2 is 1.02 bits per heavy atom. The summed E-state index contributed by atoms with van der Waals surface area (Å²) in [4.78, 5) is 2.31. The van der Waals surface area contributed by atoms with Crippen molar-refractivity contribution in [3.05, 3.63) is 187 Å². The van der Waals surface area contributed by atoms with Crippen LogP contribution < -0.4 is 4.90 Å². The molecule has 1 aliphatic rings. The summed E-state index contributed by atoms with van der Waals surface area (Å²) in [6.45, 7) is 4.73. The summed E-state index contributed by atoms with van der Waals surface area (Å²) in [5, 5.41) is 3.81. The average molecular weight is 642 g/mol. The highest BCUT2D eigenvalue weighted by atomic mass is 15.1. The fourth-order valence-corrected chi connectivity index (χ4v) is 8.19. The lowest BCUT2D eigenvalue weighted by Crippen LogP contribution is -2.15.